The molecule has 3 heteroatoms. The Bertz CT molecular complexity index is 748. The predicted molar refractivity (Wildman–Crippen MR) is 97.1 cm³/mol. The fraction of sp³-hybridized carbons (Fsp3) is 0.0500. The van der Waals surface area contributed by atoms with E-state index in [0.29, 0.717) is 0 Å². The highest BCUT2D eigenvalue weighted by Crippen LogP contribution is 2.27. The SMILES string of the molecule is O=C(Nc1ccccc1S)C(c1ccccc1)c1ccccc1. The van der Waals surface area contributed by atoms with E-state index in [4.69, 9.17) is 0 Å². The van der Waals surface area contributed by atoms with Gasteiger partial charge in [0.05, 0.1) is 11.6 Å². The first kappa shape index (κ1) is 15.4. The normalized spacial score (nSPS) is 10.5. The van der Waals surface area contributed by atoms with Gasteiger partial charge >= 0.3 is 0 Å². The van der Waals surface area contributed by atoms with Crippen molar-refractivity contribution in [3.05, 3.63) is 96.1 Å². The molecule has 0 heterocycles. The third-order valence-electron chi connectivity index (χ3n) is 3.69. The Hall–Kier alpha value is -2.52. The van der Waals surface area contributed by atoms with Gasteiger partial charge in [0.15, 0.2) is 0 Å². The summed E-state index contributed by atoms with van der Waals surface area (Å²) in [6.07, 6.45) is 0. The van der Waals surface area contributed by atoms with Gasteiger partial charge in [0.25, 0.3) is 0 Å². The highest BCUT2D eigenvalue weighted by molar-refractivity contribution is 7.80. The largest absolute Gasteiger partial charge is 0.324 e. The van der Waals surface area contributed by atoms with Crippen LogP contribution in [0.15, 0.2) is 89.8 Å². The second-order valence-electron chi connectivity index (χ2n) is 5.26. The lowest BCUT2D eigenvalue weighted by molar-refractivity contribution is -0.116. The van der Waals surface area contributed by atoms with Crippen LogP contribution < -0.4 is 5.32 Å². The van der Waals surface area contributed by atoms with Crippen LogP contribution in [0, 0.1) is 0 Å². The third kappa shape index (κ3) is 3.63. The van der Waals surface area contributed by atoms with Crippen molar-refractivity contribution >= 4 is 24.2 Å². The first-order chi connectivity index (χ1) is 11.3. The average Bonchev–Trinajstić information content (AvgIpc) is 2.59. The molecule has 1 amide bonds. The van der Waals surface area contributed by atoms with Crippen molar-refractivity contribution in [3.8, 4) is 0 Å². The summed E-state index contributed by atoms with van der Waals surface area (Å²) >= 11 is 4.40. The fourth-order valence-corrected chi connectivity index (χ4v) is 2.79. The van der Waals surface area contributed by atoms with Gasteiger partial charge in [-0.1, -0.05) is 72.8 Å². The van der Waals surface area contributed by atoms with E-state index >= 15 is 0 Å². The van der Waals surface area contributed by atoms with Crippen molar-refractivity contribution in [2.45, 2.75) is 10.8 Å². The van der Waals surface area contributed by atoms with Gasteiger partial charge in [0.1, 0.15) is 0 Å². The molecule has 0 aromatic heterocycles. The van der Waals surface area contributed by atoms with Crippen LogP contribution in [-0.2, 0) is 4.79 Å². The molecule has 0 spiro atoms. The molecule has 0 fully saturated rings. The van der Waals surface area contributed by atoms with Crippen LogP contribution in [0.3, 0.4) is 0 Å². The van der Waals surface area contributed by atoms with Gasteiger partial charge in [0, 0.05) is 4.90 Å². The topological polar surface area (TPSA) is 29.1 Å². The van der Waals surface area contributed by atoms with Gasteiger partial charge in [0.2, 0.25) is 5.91 Å². The Labute approximate surface area is 141 Å². The molecule has 2 nitrogen and oxygen atoms in total. The van der Waals surface area contributed by atoms with E-state index in [0.717, 1.165) is 21.7 Å². The lowest BCUT2D eigenvalue weighted by Gasteiger charge is -2.18. The minimum absolute atomic E-state index is 0.0658. The Morgan fingerprint density at radius 3 is 1.74 bits per heavy atom. The summed E-state index contributed by atoms with van der Waals surface area (Å²) in [5.41, 5.74) is 2.65. The fourth-order valence-electron chi connectivity index (χ4n) is 2.57. The van der Waals surface area contributed by atoms with Crippen molar-refractivity contribution in [2.24, 2.45) is 0 Å². The zero-order chi connectivity index (χ0) is 16.1. The van der Waals surface area contributed by atoms with Crippen molar-refractivity contribution in [2.75, 3.05) is 5.32 Å². The van der Waals surface area contributed by atoms with Crippen molar-refractivity contribution in [1.29, 1.82) is 0 Å². The maximum Gasteiger partial charge on any atom is 0.236 e. The number of anilines is 1. The number of benzene rings is 3. The number of carbonyl (C=O) groups is 1. The summed E-state index contributed by atoms with van der Waals surface area (Å²) in [4.78, 5) is 13.7. The summed E-state index contributed by atoms with van der Waals surface area (Å²) in [7, 11) is 0. The average molecular weight is 319 g/mol. The Kier molecular flexibility index (Phi) is 4.79. The second kappa shape index (κ2) is 7.16. The highest BCUT2D eigenvalue weighted by atomic mass is 32.1. The molecule has 0 unspecified atom stereocenters. The molecule has 0 saturated heterocycles. The first-order valence-corrected chi connectivity index (χ1v) is 7.89. The van der Waals surface area contributed by atoms with Gasteiger partial charge in [-0.15, -0.1) is 12.6 Å². The molecule has 3 aromatic rings. The minimum atomic E-state index is -0.356. The predicted octanol–water partition coefficient (Wildman–Crippen LogP) is 4.75. The lowest BCUT2D eigenvalue weighted by atomic mass is 9.90. The monoisotopic (exact) mass is 319 g/mol. The lowest BCUT2D eigenvalue weighted by Crippen LogP contribution is -2.22. The number of amides is 1. The van der Waals surface area contributed by atoms with E-state index in [1.807, 2.05) is 84.9 Å². The van der Waals surface area contributed by atoms with E-state index in [1.54, 1.807) is 0 Å². The molecule has 0 aliphatic heterocycles. The maximum absolute atomic E-state index is 12.9. The molecule has 1 N–H and O–H groups in total. The number of para-hydroxylation sites is 1. The molecule has 0 radical (unpaired) electrons. The van der Waals surface area contributed by atoms with Gasteiger partial charge < -0.3 is 5.32 Å². The summed E-state index contributed by atoms with van der Waals surface area (Å²) in [5, 5.41) is 2.99. The summed E-state index contributed by atoms with van der Waals surface area (Å²) in [5.74, 6) is -0.422. The van der Waals surface area contributed by atoms with Gasteiger partial charge in [-0.2, -0.15) is 0 Å². The van der Waals surface area contributed by atoms with Crippen LogP contribution >= 0.6 is 12.6 Å². The standard InChI is InChI=1S/C20H17NOS/c22-20(21-17-13-7-8-14-18(17)23)19(15-9-3-1-4-10-15)16-11-5-2-6-12-16/h1-14,19,23H,(H,21,22). The number of hydrogen-bond donors (Lipinski definition) is 2. The second-order valence-corrected chi connectivity index (χ2v) is 5.74. The summed E-state index contributed by atoms with van der Waals surface area (Å²) in [6, 6.07) is 27.1. The number of hydrogen-bond acceptors (Lipinski definition) is 2. The van der Waals surface area contributed by atoms with E-state index in [-0.39, 0.29) is 11.8 Å². The molecule has 0 aliphatic rings. The molecular formula is C20H17NOS. The van der Waals surface area contributed by atoms with Gasteiger partial charge in [-0.3, -0.25) is 4.79 Å². The van der Waals surface area contributed by atoms with Crippen molar-refractivity contribution in [1.82, 2.24) is 0 Å². The zero-order valence-corrected chi connectivity index (χ0v) is 13.4. The molecule has 3 rings (SSSR count). The number of thiol groups is 1. The molecule has 23 heavy (non-hydrogen) atoms. The molecule has 0 bridgehead atoms. The smallest absolute Gasteiger partial charge is 0.236 e. The Morgan fingerprint density at radius 2 is 1.22 bits per heavy atom. The minimum Gasteiger partial charge on any atom is -0.324 e. The quantitative estimate of drug-likeness (QED) is 0.668. The third-order valence-corrected chi connectivity index (χ3v) is 4.08. The molecule has 0 aliphatic carbocycles. The molecule has 0 atom stereocenters. The summed E-state index contributed by atoms with van der Waals surface area (Å²) < 4.78 is 0. The van der Waals surface area contributed by atoms with Crippen molar-refractivity contribution in [3.63, 3.8) is 0 Å². The van der Waals surface area contributed by atoms with E-state index in [1.165, 1.54) is 0 Å². The van der Waals surface area contributed by atoms with Crippen molar-refractivity contribution < 1.29 is 4.79 Å². The Morgan fingerprint density at radius 1 is 0.739 bits per heavy atom. The van der Waals surface area contributed by atoms with E-state index in [2.05, 4.69) is 17.9 Å². The maximum atomic E-state index is 12.9. The molecule has 0 saturated carbocycles. The van der Waals surface area contributed by atoms with Crippen LogP contribution in [0.1, 0.15) is 17.0 Å². The van der Waals surface area contributed by atoms with Gasteiger partial charge in [-0.05, 0) is 23.3 Å². The number of rotatable bonds is 4. The number of carbonyl (C=O) groups excluding carboxylic acids is 1. The van der Waals surface area contributed by atoms with Gasteiger partial charge in [-0.25, -0.2) is 0 Å². The first-order valence-electron chi connectivity index (χ1n) is 7.44. The summed E-state index contributed by atoms with van der Waals surface area (Å²) in [6.45, 7) is 0. The highest BCUT2D eigenvalue weighted by Gasteiger charge is 2.22. The van der Waals surface area contributed by atoms with Crippen LogP contribution in [0.2, 0.25) is 0 Å². The number of nitrogens with one attached hydrogen (secondary N) is 1. The van der Waals surface area contributed by atoms with Crippen LogP contribution in [0.25, 0.3) is 0 Å². The van der Waals surface area contributed by atoms with E-state index in [9.17, 15) is 4.79 Å². The van der Waals surface area contributed by atoms with Crippen LogP contribution in [-0.4, -0.2) is 5.91 Å². The molecular weight excluding hydrogens is 302 g/mol. The van der Waals surface area contributed by atoms with E-state index < -0.39 is 0 Å². The van der Waals surface area contributed by atoms with Crippen LogP contribution in [0.4, 0.5) is 5.69 Å². The molecule has 3 aromatic carbocycles. The Balaban J connectivity index is 1.96. The van der Waals surface area contributed by atoms with Crippen LogP contribution in [0.5, 0.6) is 0 Å². The molecule has 114 valence electrons. The zero-order valence-electron chi connectivity index (χ0n) is 12.5.